The number of hydrogen-bond donors (Lipinski definition) is 1. The molecule has 0 fully saturated rings. The number of benzene rings is 2. The van der Waals surface area contributed by atoms with Gasteiger partial charge in [-0.25, -0.2) is 0 Å². The third-order valence-corrected chi connectivity index (χ3v) is 4.02. The van der Waals surface area contributed by atoms with E-state index in [1.165, 1.54) is 16.7 Å². The van der Waals surface area contributed by atoms with E-state index in [0.717, 1.165) is 30.6 Å². The fourth-order valence-corrected chi connectivity index (χ4v) is 2.83. The van der Waals surface area contributed by atoms with Crippen LogP contribution in [0.3, 0.4) is 0 Å². The highest BCUT2D eigenvalue weighted by molar-refractivity contribution is 5.50. The van der Waals surface area contributed by atoms with Gasteiger partial charge in [0.15, 0.2) is 0 Å². The topological polar surface area (TPSA) is 29.5 Å². The van der Waals surface area contributed by atoms with Gasteiger partial charge in [-0.3, -0.25) is 0 Å². The summed E-state index contributed by atoms with van der Waals surface area (Å²) in [6.45, 7) is 5.96. The second-order valence-corrected chi connectivity index (χ2v) is 5.72. The van der Waals surface area contributed by atoms with Crippen molar-refractivity contribution in [1.82, 2.24) is 0 Å². The standard InChI is InChI=1S/C19H20O2/c1-13(2)18-12-17-15(10-16(20)11-19(17)21-18)9-8-14-6-4-3-5-7-14/h3-7,10-11,18,20H,1,8-9,12H2,2H3. The van der Waals surface area contributed by atoms with Crippen molar-refractivity contribution in [2.24, 2.45) is 0 Å². The first-order chi connectivity index (χ1) is 10.1. The van der Waals surface area contributed by atoms with Gasteiger partial charge in [-0.1, -0.05) is 36.9 Å². The van der Waals surface area contributed by atoms with Crippen LogP contribution in [0.1, 0.15) is 23.6 Å². The molecule has 0 aromatic heterocycles. The van der Waals surface area contributed by atoms with E-state index in [1.54, 1.807) is 6.07 Å². The van der Waals surface area contributed by atoms with E-state index in [9.17, 15) is 5.11 Å². The van der Waals surface area contributed by atoms with Crippen LogP contribution in [0.4, 0.5) is 0 Å². The van der Waals surface area contributed by atoms with Gasteiger partial charge < -0.3 is 9.84 Å². The first kappa shape index (κ1) is 13.7. The van der Waals surface area contributed by atoms with E-state index in [2.05, 4.69) is 30.8 Å². The summed E-state index contributed by atoms with van der Waals surface area (Å²) in [4.78, 5) is 0. The normalized spacial score (nSPS) is 16.3. The van der Waals surface area contributed by atoms with Crippen molar-refractivity contribution in [2.75, 3.05) is 0 Å². The summed E-state index contributed by atoms with van der Waals surface area (Å²) < 4.78 is 5.88. The second kappa shape index (κ2) is 5.65. The Kier molecular flexibility index (Phi) is 3.70. The van der Waals surface area contributed by atoms with Crippen molar-refractivity contribution in [3.05, 3.63) is 71.3 Å². The van der Waals surface area contributed by atoms with Crippen LogP contribution in [-0.2, 0) is 19.3 Å². The zero-order valence-corrected chi connectivity index (χ0v) is 12.3. The molecule has 0 bridgehead atoms. The van der Waals surface area contributed by atoms with Crippen molar-refractivity contribution in [1.29, 1.82) is 0 Å². The summed E-state index contributed by atoms with van der Waals surface area (Å²) in [5.41, 5.74) is 4.74. The molecule has 1 unspecified atom stereocenters. The molecule has 0 saturated heterocycles. The quantitative estimate of drug-likeness (QED) is 0.856. The summed E-state index contributed by atoms with van der Waals surface area (Å²) in [6, 6.07) is 14.0. The zero-order valence-electron chi connectivity index (χ0n) is 12.3. The second-order valence-electron chi connectivity index (χ2n) is 5.72. The number of ether oxygens (including phenoxy) is 1. The van der Waals surface area contributed by atoms with Crippen molar-refractivity contribution in [3.63, 3.8) is 0 Å². The lowest BCUT2D eigenvalue weighted by Gasteiger charge is -2.09. The SMILES string of the molecule is C=C(C)C1Cc2c(CCc3ccccc3)cc(O)cc2O1. The average molecular weight is 280 g/mol. The van der Waals surface area contributed by atoms with Crippen LogP contribution in [0.2, 0.25) is 0 Å². The Bertz CT molecular complexity index is 659. The number of rotatable bonds is 4. The zero-order chi connectivity index (χ0) is 14.8. The van der Waals surface area contributed by atoms with Crippen LogP contribution >= 0.6 is 0 Å². The van der Waals surface area contributed by atoms with Crippen molar-refractivity contribution in [3.8, 4) is 11.5 Å². The Labute approximate surface area is 125 Å². The number of phenols is 1. The maximum Gasteiger partial charge on any atom is 0.127 e. The molecule has 1 atom stereocenters. The van der Waals surface area contributed by atoms with E-state index < -0.39 is 0 Å². The van der Waals surface area contributed by atoms with Crippen molar-refractivity contribution >= 4 is 0 Å². The van der Waals surface area contributed by atoms with Gasteiger partial charge in [0, 0.05) is 18.1 Å². The maximum absolute atomic E-state index is 9.90. The van der Waals surface area contributed by atoms with Crippen LogP contribution < -0.4 is 4.74 Å². The van der Waals surface area contributed by atoms with Crippen LogP contribution in [0.25, 0.3) is 0 Å². The summed E-state index contributed by atoms with van der Waals surface area (Å²) in [5, 5.41) is 9.90. The molecule has 3 rings (SSSR count). The van der Waals surface area contributed by atoms with Gasteiger partial charge in [0.25, 0.3) is 0 Å². The molecular formula is C19H20O2. The minimum absolute atomic E-state index is 0.0391. The smallest absolute Gasteiger partial charge is 0.127 e. The predicted octanol–water partition coefficient (Wildman–Crippen LogP) is 4.06. The van der Waals surface area contributed by atoms with Gasteiger partial charge in [0.05, 0.1) is 0 Å². The lowest BCUT2D eigenvalue weighted by atomic mass is 9.96. The van der Waals surface area contributed by atoms with E-state index in [4.69, 9.17) is 4.74 Å². The molecule has 2 aromatic carbocycles. The molecule has 0 amide bonds. The van der Waals surface area contributed by atoms with E-state index >= 15 is 0 Å². The molecule has 0 spiro atoms. The number of phenolic OH excluding ortho intramolecular Hbond substituents is 1. The Morgan fingerprint density at radius 2 is 2.00 bits per heavy atom. The van der Waals surface area contributed by atoms with Crippen LogP contribution in [0, 0.1) is 0 Å². The average Bonchev–Trinajstić information content (AvgIpc) is 2.90. The van der Waals surface area contributed by atoms with Gasteiger partial charge in [-0.05, 0) is 42.5 Å². The van der Waals surface area contributed by atoms with Gasteiger partial charge >= 0.3 is 0 Å². The van der Waals surface area contributed by atoms with Gasteiger partial charge in [0.2, 0.25) is 0 Å². The Balaban J connectivity index is 1.82. The number of hydrogen-bond acceptors (Lipinski definition) is 2. The maximum atomic E-state index is 9.90. The number of aryl methyl sites for hydroxylation is 2. The fourth-order valence-electron chi connectivity index (χ4n) is 2.83. The molecule has 1 aliphatic rings. The molecular weight excluding hydrogens is 260 g/mol. The van der Waals surface area contributed by atoms with Crippen LogP contribution in [0.15, 0.2) is 54.6 Å². The Morgan fingerprint density at radius 3 is 2.71 bits per heavy atom. The predicted molar refractivity (Wildman–Crippen MR) is 84.9 cm³/mol. The number of fused-ring (bicyclic) bond motifs is 1. The van der Waals surface area contributed by atoms with Crippen LogP contribution in [-0.4, -0.2) is 11.2 Å². The number of aromatic hydroxyl groups is 1. The largest absolute Gasteiger partial charge is 0.508 e. The Hall–Kier alpha value is -2.22. The summed E-state index contributed by atoms with van der Waals surface area (Å²) in [5.74, 6) is 1.09. The monoisotopic (exact) mass is 280 g/mol. The van der Waals surface area contributed by atoms with Crippen molar-refractivity contribution < 1.29 is 9.84 Å². The molecule has 2 heteroatoms. The molecule has 1 heterocycles. The van der Waals surface area contributed by atoms with E-state index in [1.807, 2.05) is 19.1 Å². The molecule has 0 radical (unpaired) electrons. The van der Waals surface area contributed by atoms with Crippen molar-refractivity contribution in [2.45, 2.75) is 32.3 Å². The molecule has 108 valence electrons. The molecule has 21 heavy (non-hydrogen) atoms. The minimum atomic E-state index is 0.0391. The highest BCUT2D eigenvalue weighted by atomic mass is 16.5. The lowest BCUT2D eigenvalue weighted by molar-refractivity contribution is 0.270. The van der Waals surface area contributed by atoms with Gasteiger partial charge in [-0.15, -0.1) is 0 Å². The molecule has 2 aromatic rings. The van der Waals surface area contributed by atoms with Gasteiger partial charge in [0.1, 0.15) is 17.6 Å². The molecule has 2 nitrogen and oxygen atoms in total. The van der Waals surface area contributed by atoms with E-state index in [0.29, 0.717) is 0 Å². The highest BCUT2D eigenvalue weighted by Crippen LogP contribution is 2.37. The molecule has 0 aliphatic carbocycles. The first-order valence-electron chi connectivity index (χ1n) is 7.34. The summed E-state index contributed by atoms with van der Waals surface area (Å²) in [6.07, 6.45) is 2.77. The molecule has 1 aliphatic heterocycles. The highest BCUT2D eigenvalue weighted by Gasteiger charge is 2.26. The third-order valence-electron chi connectivity index (χ3n) is 4.02. The molecule has 1 N–H and O–H groups in total. The van der Waals surface area contributed by atoms with Crippen LogP contribution in [0.5, 0.6) is 11.5 Å². The lowest BCUT2D eigenvalue weighted by Crippen LogP contribution is -2.13. The summed E-state index contributed by atoms with van der Waals surface area (Å²) >= 11 is 0. The summed E-state index contributed by atoms with van der Waals surface area (Å²) in [7, 11) is 0. The van der Waals surface area contributed by atoms with Gasteiger partial charge in [-0.2, -0.15) is 0 Å². The minimum Gasteiger partial charge on any atom is -0.508 e. The van der Waals surface area contributed by atoms with E-state index in [-0.39, 0.29) is 11.9 Å². The Morgan fingerprint density at radius 1 is 1.24 bits per heavy atom. The molecule has 0 saturated carbocycles. The first-order valence-corrected chi connectivity index (χ1v) is 7.34. The third kappa shape index (κ3) is 2.94. The fraction of sp³-hybridized carbons (Fsp3) is 0.263.